The smallest absolute Gasteiger partial charge is 0.244 e. The number of nitrogens with one attached hydrogen (secondary N) is 1. The van der Waals surface area contributed by atoms with Gasteiger partial charge in [-0.05, 0) is 74.2 Å². The first-order valence-electron chi connectivity index (χ1n) is 12.8. The van der Waals surface area contributed by atoms with Crippen molar-refractivity contribution in [2.75, 3.05) is 17.1 Å². The van der Waals surface area contributed by atoms with Crippen molar-refractivity contribution in [2.45, 2.75) is 52.7 Å². The van der Waals surface area contributed by atoms with Crippen LogP contribution in [-0.4, -0.2) is 50.0 Å². The molecule has 0 aliphatic carbocycles. The van der Waals surface area contributed by atoms with Crippen LogP contribution in [0.15, 0.2) is 77.3 Å². The van der Waals surface area contributed by atoms with E-state index in [1.165, 1.54) is 4.90 Å². The number of hydrogen-bond donors (Lipinski definition) is 1. The van der Waals surface area contributed by atoms with E-state index < -0.39 is 28.5 Å². The monoisotopic (exact) mass is 613 g/mol. The van der Waals surface area contributed by atoms with Gasteiger partial charge >= 0.3 is 0 Å². The summed E-state index contributed by atoms with van der Waals surface area (Å²) in [4.78, 5) is 29.1. The molecule has 0 unspecified atom stereocenters. The SMILES string of the molecule is Cc1ccc(N(CC(=O)N(Cc2ccc(Br)cc2)[C@H](Cc2ccccc2)C(=O)NC(C)C)S(C)(=O)=O)cc1C. The third kappa shape index (κ3) is 8.66. The molecule has 2 amide bonds. The second-order valence-electron chi connectivity index (χ2n) is 10.1. The van der Waals surface area contributed by atoms with Gasteiger partial charge < -0.3 is 10.2 Å². The summed E-state index contributed by atoms with van der Waals surface area (Å²) >= 11 is 3.44. The molecule has 0 spiro atoms. The van der Waals surface area contributed by atoms with E-state index in [1.54, 1.807) is 12.1 Å². The van der Waals surface area contributed by atoms with Crippen molar-refractivity contribution in [3.05, 3.63) is 99.5 Å². The summed E-state index contributed by atoms with van der Waals surface area (Å²) in [5, 5.41) is 2.95. The molecule has 3 aromatic rings. The van der Waals surface area contributed by atoms with Crippen molar-refractivity contribution in [3.8, 4) is 0 Å². The van der Waals surface area contributed by atoms with E-state index >= 15 is 0 Å². The molecular formula is C30H36BrN3O4S. The minimum atomic E-state index is -3.80. The van der Waals surface area contributed by atoms with Crippen LogP contribution in [0.25, 0.3) is 0 Å². The molecule has 0 saturated heterocycles. The number of aryl methyl sites for hydroxylation is 2. The van der Waals surface area contributed by atoms with Gasteiger partial charge in [0.25, 0.3) is 0 Å². The summed E-state index contributed by atoms with van der Waals surface area (Å²) in [7, 11) is -3.80. The lowest BCUT2D eigenvalue weighted by Crippen LogP contribution is -2.54. The van der Waals surface area contributed by atoms with Gasteiger partial charge in [-0.1, -0.05) is 64.5 Å². The Morgan fingerprint density at radius 2 is 1.54 bits per heavy atom. The number of nitrogens with zero attached hydrogens (tertiary/aromatic N) is 2. The average molecular weight is 615 g/mol. The zero-order valence-electron chi connectivity index (χ0n) is 23.0. The Bertz CT molecular complexity index is 1390. The molecule has 1 N–H and O–H groups in total. The summed E-state index contributed by atoms with van der Waals surface area (Å²) < 4.78 is 27.8. The van der Waals surface area contributed by atoms with Crippen molar-refractivity contribution >= 4 is 43.5 Å². The van der Waals surface area contributed by atoms with E-state index in [4.69, 9.17) is 0 Å². The number of amides is 2. The molecule has 0 saturated carbocycles. The fraction of sp³-hybridized carbons (Fsp3) is 0.333. The Kier molecular flexibility index (Phi) is 10.3. The molecular weight excluding hydrogens is 578 g/mol. The third-order valence-corrected chi connectivity index (χ3v) is 8.10. The lowest BCUT2D eigenvalue weighted by atomic mass is 10.0. The van der Waals surface area contributed by atoms with Gasteiger partial charge in [-0.25, -0.2) is 8.42 Å². The molecule has 3 aromatic carbocycles. The zero-order chi connectivity index (χ0) is 28.7. The molecule has 0 aromatic heterocycles. The first kappa shape index (κ1) is 30.4. The van der Waals surface area contributed by atoms with Crippen LogP contribution in [0.4, 0.5) is 5.69 Å². The molecule has 0 heterocycles. The molecule has 0 aliphatic heterocycles. The molecule has 0 bridgehead atoms. The molecule has 3 rings (SSSR count). The topological polar surface area (TPSA) is 86.8 Å². The van der Waals surface area contributed by atoms with Gasteiger partial charge in [0.05, 0.1) is 11.9 Å². The number of benzene rings is 3. The van der Waals surface area contributed by atoms with E-state index in [2.05, 4.69) is 21.2 Å². The van der Waals surface area contributed by atoms with E-state index in [1.807, 2.05) is 88.4 Å². The second-order valence-corrected chi connectivity index (χ2v) is 12.9. The number of sulfonamides is 1. The Morgan fingerprint density at radius 3 is 2.10 bits per heavy atom. The van der Waals surface area contributed by atoms with Crippen LogP contribution < -0.4 is 9.62 Å². The molecule has 208 valence electrons. The first-order chi connectivity index (χ1) is 18.3. The van der Waals surface area contributed by atoms with E-state index in [9.17, 15) is 18.0 Å². The predicted molar refractivity (Wildman–Crippen MR) is 160 cm³/mol. The highest BCUT2D eigenvalue weighted by Gasteiger charge is 2.33. The lowest BCUT2D eigenvalue weighted by Gasteiger charge is -2.34. The quantitative estimate of drug-likeness (QED) is 0.330. The van der Waals surface area contributed by atoms with Crippen molar-refractivity contribution in [3.63, 3.8) is 0 Å². The van der Waals surface area contributed by atoms with Gasteiger partial charge in [0.2, 0.25) is 21.8 Å². The second kappa shape index (κ2) is 13.3. The highest BCUT2D eigenvalue weighted by atomic mass is 79.9. The molecule has 9 heteroatoms. The Balaban J connectivity index is 2.06. The molecule has 39 heavy (non-hydrogen) atoms. The van der Waals surface area contributed by atoms with Crippen molar-refractivity contribution in [1.82, 2.24) is 10.2 Å². The molecule has 0 aliphatic rings. The zero-order valence-corrected chi connectivity index (χ0v) is 25.4. The highest BCUT2D eigenvalue weighted by Crippen LogP contribution is 2.23. The van der Waals surface area contributed by atoms with E-state index in [0.29, 0.717) is 5.69 Å². The van der Waals surface area contributed by atoms with Crippen molar-refractivity contribution < 1.29 is 18.0 Å². The van der Waals surface area contributed by atoms with Crippen LogP contribution >= 0.6 is 15.9 Å². The average Bonchev–Trinajstić information content (AvgIpc) is 2.87. The largest absolute Gasteiger partial charge is 0.352 e. The van der Waals surface area contributed by atoms with Crippen LogP contribution in [0.3, 0.4) is 0 Å². The Morgan fingerprint density at radius 1 is 0.897 bits per heavy atom. The number of carbonyl (C=O) groups is 2. The normalized spacial score (nSPS) is 12.2. The summed E-state index contributed by atoms with van der Waals surface area (Å²) in [6, 6.07) is 21.3. The number of rotatable bonds is 11. The maximum Gasteiger partial charge on any atom is 0.244 e. The van der Waals surface area contributed by atoms with Crippen LogP contribution in [0.1, 0.15) is 36.1 Å². The van der Waals surface area contributed by atoms with Gasteiger partial charge in [-0.3, -0.25) is 13.9 Å². The highest BCUT2D eigenvalue weighted by molar-refractivity contribution is 9.10. The summed E-state index contributed by atoms with van der Waals surface area (Å²) in [5.74, 6) is -0.766. The Hall–Kier alpha value is -3.17. The van der Waals surface area contributed by atoms with Crippen LogP contribution in [0.5, 0.6) is 0 Å². The van der Waals surface area contributed by atoms with Gasteiger partial charge in [0.15, 0.2) is 0 Å². The lowest BCUT2D eigenvalue weighted by molar-refractivity contribution is -0.140. The standard InChI is InChI=1S/C30H36BrN3O4S/c1-21(2)32-30(36)28(18-24-9-7-6-8-10-24)33(19-25-12-14-26(31)15-13-25)29(35)20-34(39(5,37)38)27-16-11-22(3)23(4)17-27/h6-17,21,28H,18-20H2,1-5H3,(H,32,36)/t28-/m1/s1. The van der Waals surface area contributed by atoms with Crippen molar-refractivity contribution in [1.29, 1.82) is 0 Å². The minimum absolute atomic E-state index is 0.136. The number of anilines is 1. The number of halogens is 1. The van der Waals surface area contributed by atoms with Crippen LogP contribution in [-0.2, 0) is 32.6 Å². The minimum Gasteiger partial charge on any atom is -0.352 e. The molecule has 0 fully saturated rings. The maximum absolute atomic E-state index is 14.0. The Labute approximate surface area is 240 Å². The molecule has 1 atom stereocenters. The first-order valence-corrected chi connectivity index (χ1v) is 15.4. The summed E-state index contributed by atoms with van der Waals surface area (Å²) in [6.45, 7) is 7.27. The maximum atomic E-state index is 14.0. The van der Waals surface area contributed by atoms with Crippen LogP contribution in [0.2, 0.25) is 0 Å². The predicted octanol–water partition coefficient (Wildman–Crippen LogP) is 5.00. The van der Waals surface area contributed by atoms with Crippen LogP contribution in [0, 0.1) is 13.8 Å². The molecule has 7 nitrogen and oxygen atoms in total. The van der Waals surface area contributed by atoms with Gasteiger partial charge in [0.1, 0.15) is 12.6 Å². The fourth-order valence-electron chi connectivity index (χ4n) is 4.22. The third-order valence-electron chi connectivity index (χ3n) is 6.43. The number of carbonyl (C=O) groups excluding carboxylic acids is 2. The summed E-state index contributed by atoms with van der Waals surface area (Å²) in [6.07, 6.45) is 1.37. The van der Waals surface area contributed by atoms with E-state index in [0.717, 1.165) is 37.3 Å². The van der Waals surface area contributed by atoms with Crippen molar-refractivity contribution in [2.24, 2.45) is 0 Å². The van der Waals surface area contributed by atoms with E-state index in [-0.39, 0.29) is 24.9 Å². The van der Waals surface area contributed by atoms with Gasteiger partial charge in [-0.15, -0.1) is 0 Å². The number of hydrogen-bond acceptors (Lipinski definition) is 4. The summed E-state index contributed by atoms with van der Waals surface area (Å²) in [5.41, 5.74) is 4.05. The fourth-order valence-corrected chi connectivity index (χ4v) is 5.32. The molecule has 0 radical (unpaired) electrons. The van der Waals surface area contributed by atoms with Gasteiger partial charge in [0, 0.05) is 23.5 Å². The van der Waals surface area contributed by atoms with Gasteiger partial charge in [-0.2, -0.15) is 0 Å².